The van der Waals surface area contributed by atoms with E-state index in [9.17, 15) is 0 Å². The minimum absolute atomic E-state index is 0.447. The summed E-state index contributed by atoms with van der Waals surface area (Å²) in [6.07, 6.45) is 8.19. The lowest BCUT2D eigenvalue weighted by Gasteiger charge is -2.41. The van der Waals surface area contributed by atoms with Gasteiger partial charge in [-0.3, -0.25) is 0 Å². The van der Waals surface area contributed by atoms with Crippen LogP contribution in [0.25, 0.3) is 0 Å². The lowest BCUT2D eigenvalue weighted by Crippen LogP contribution is -2.47. The average Bonchev–Trinajstić information content (AvgIpc) is 2.44. The van der Waals surface area contributed by atoms with Crippen molar-refractivity contribution >= 4 is 0 Å². The first-order chi connectivity index (χ1) is 9.42. The molecule has 0 aromatic heterocycles. The van der Waals surface area contributed by atoms with Crippen LogP contribution in [0.3, 0.4) is 0 Å². The summed E-state index contributed by atoms with van der Waals surface area (Å²) >= 11 is 0. The second-order valence-electron chi connectivity index (χ2n) is 7.57. The van der Waals surface area contributed by atoms with E-state index >= 15 is 0 Å². The number of hydrogen-bond donors (Lipinski definition) is 1. The summed E-state index contributed by atoms with van der Waals surface area (Å²) < 4.78 is 0. The molecule has 2 nitrogen and oxygen atoms in total. The topological polar surface area (TPSA) is 15.3 Å². The molecule has 1 fully saturated rings. The van der Waals surface area contributed by atoms with Crippen LogP contribution >= 0.6 is 0 Å². The Morgan fingerprint density at radius 2 is 1.65 bits per heavy atom. The summed E-state index contributed by atoms with van der Waals surface area (Å²) in [5.74, 6) is 0.948. The Hall–Kier alpha value is -0.0800. The van der Waals surface area contributed by atoms with E-state index in [1.54, 1.807) is 0 Å². The predicted octanol–water partition coefficient (Wildman–Crippen LogP) is 4.30. The van der Waals surface area contributed by atoms with E-state index in [1.165, 1.54) is 45.1 Å². The van der Waals surface area contributed by atoms with E-state index in [-0.39, 0.29) is 0 Å². The van der Waals surface area contributed by atoms with Gasteiger partial charge >= 0.3 is 0 Å². The molecule has 1 N–H and O–H groups in total. The van der Waals surface area contributed by atoms with Crippen LogP contribution in [0.2, 0.25) is 0 Å². The van der Waals surface area contributed by atoms with Crippen molar-refractivity contribution in [2.45, 2.75) is 85.2 Å². The third-order valence-electron chi connectivity index (χ3n) is 5.58. The highest BCUT2D eigenvalue weighted by atomic mass is 15.1. The average molecular weight is 283 g/mol. The second-order valence-corrected chi connectivity index (χ2v) is 7.57. The van der Waals surface area contributed by atoms with E-state index in [1.807, 2.05) is 0 Å². The summed E-state index contributed by atoms with van der Waals surface area (Å²) in [5.41, 5.74) is 0.447. The zero-order valence-electron chi connectivity index (χ0n) is 14.8. The van der Waals surface area contributed by atoms with Gasteiger partial charge < -0.3 is 10.2 Å². The molecule has 2 heteroatoms. The fourth-order valence-electron chi connectivity index (χ4n) is 3.54. The molecule has 0 bridgehead atoms. The van der Waals surface area contributed by atoms with Crippen LogP contribution in [-0.4, -0.2) is 37.1 Å². The summed E-state index contributed by atoms with van der Waals surface area (Å²) in [5, 5.41) is 3.68. The fraction of sp³-hybridized carbons (Fsp3) is 1.00. The number of hydrogen-bond acceptors (Lipinski definition) is 2. The van der Waals surface area contributed by atoms with Gasteiger partial charge in [0, 0.05) is 25.2 Å². The van der Waals surface area contributed by atoms with Gasteiger partial charge in [-0.15, -0.1) is 0 Å². The normalized spacial score (nSPS) is 24.6. The van der Waals surface area contributed by atoms with Crippen LogP contribution in [0, 0.1) is 11.3 Å². The molecule has 0 aromatic carbocycles. The van der Waals surface area contributed by atoms with Crippen molar-refractivity contribution in [3.63, 3.8) is 0 Å². The third-order valence-corrected chi connectivity index (χ3v) is 5.58. The molecule has 0 radical (unpaired) electrons. The molecule has 0 unspecified atom stereocenters. The van der Waals surface area contributed by atoms with Crippen molar-refractivity contribution in [3.8, 4) is 0 Å². The van der Waals surface area contributed by atoms with Crippen LogP contribution in [-0.2, 0) is 0 Å². The standard InChI is InChI=1S/C18H38N2/c1-7-18(8-2,13-19-15(3)4)14-20(6)17-11-9-16(5)10-12-17/h15-17,19H,7-14H2,1-6H3. The Balaban J connectivity index is 2.55. The summed E-state index contributed by atoms with van der Waals surface area (Å²) in [6, 6.07) is 1.41. The van der Waals surface area contributed by atoms with Crippen LogP contribution in [0.5, 0.6) is 0 Å². The molecule has 1 aliphatic rings. The highest BCUT2D eigenvalue weighted by Crippen LogP contribution is 2.31. The molecule has 1 saturated carbocycles. The van der Waals surface area contributed by atoms with Gasteiger partial charge in [-0.2, -0.15) is 0 Å². The molecular weight excluding hydrogens is 244 g/mol. The predicted molar refractivity (Wildman–Crippen MR) is 90.2 cm³/mol. The minimum atomic E-state index is 0.447. The maximum absolute atomic E-state index is 3.68. The highest BCUT2D eigenvalue weighted by Gasteiger charge is 2.31. The molecule has 20 heavy (non-hydrogen) atoms. The molecule has 0 saturated heterocycles. The maximum atomic E-state index is 3.68. The van der Waals surface area contributed by atoms with Crippen LogP contribution in [0.1, 0.15) is 73.1 Å². The van der Waals surface area contributed by atoms with Gasteiger partial charge in [0.25, 0.3) is 0 Å². The largest absolute Gasteiger partial charge is 0.314 e. The molecule has 0 atom stereocenters. The second kappa shape index (κ2) is 8.38. The SMILES string of the molecule is CCC(CC)(CNC(C)C)CN(C)C1CCC(C)CC1. The Bertz CT molecular complexity index is 250. The van der Waals surface area contributed by atoms with Gasteiger partial charge in [0.1, 0.15) is 0 Å². The summed E-state index contributed by atoms with van der Waals surface area (Å²) in [4.78, 5) is 2.67. The van der Waals surface area contributed by atoms with Gasteiger partial charge in [0.2, 0.25) is 0 Å². The zero-order valence-corrected chi connectivity index (χ0v) is 14.8. The molecule has 0 spiro atoms. The van der Waals surface area contributed by atoms with E-state index in [4.69, 9.17) is 0 Å². The summed E-state index contributed by atoms with van der Waals surface area (Å²) in [6.45, 7) is 14.0. The first-order valence-electron chi connectivity index (χ1n) is 8.86. The van der Waals surface area contributed by atoms with Gasteiger partial charge in [-0.25, -0.2) is 0 Å². The number of nitrogens with zero attached hydrogens (tertiary/aromatic N) is 1. The monoisotopic (exact) mass is 282 g/mol. The number of nitrogens with one attached hydrogen (secondary N) is 1. The Morgan fingerprint density at radius 3 is 2.10 bits per heavy atom. The molecule has 0 amide bonds. The molecule has 0 heterocycles. The van der Waals surface area contributed by atoms with Crippen molar-refractivity contribution in [1.82, 2.24) is 10.2 Å². The van der Waals surface area contributed by atoms with Crippen LogP contribution < -0.4 is 5.32 Å². The van der Waals surface area contributed by atoms with Gasteiger partial charge in [0.15, 0.2) is 0 Å². The smallest absolute Gasteiger partial charge is 0.00926 e. The van der Waals surface area contributed by atoms with Crippen molar-refractivity contribution in [1.29, 1.82) is 0 Å². The summed E-state index contributed by atoms with van der Waals surface area (Å²) in [7, 11) is 2.36. The Labute approximate surface area is 127 Å². The Morgan fingerprint density at radius 1 is 1.10 bits per heavy atom. The Kier molecular flexibility index (Phi) is 7.53. The minimum Gasteiger partial charge on any atom is -0.314 e. The first-order valence-corrected chi connectivity index (χ1v) is 8.86. The van der Waals surface area contributed by atoms with Crippen LogP contribution in [0.4, 0.5) is 0 Å². The molecule has 1 rings (SSSR count). The quantitative estimate of drug-likeness (QED) is 0.714. The lowest BCUT2D eigenvalue weighted by molar-refractivity contribution is 0.0939. The van der Waals surface area contributed by atoms with Crippen molar-refractivity contribution in [2.24, 2.45) is 11.3 Å². The van der Waals surface area contributed by atoms with E-state index in [0.29, 0.717) is 11.5 Å². The van der Waals surface area contributed by atoms with Crippen LogP contribution in [0.15, 0.2) is 0 Å². The van der Waals surface area contributed by atoms with Crippen molar-refractivity contribution < 1.29 is 0 Å². The van der Waals surface area contributed by atoms with Gasteiger partial charge in [-0.05, 0) is 56.9 Å². The zero-order chi connectivity index (χ0) is 15.2. The molecule has 1 aliphatic carbocycles. The van der Waals surface area contributed by atoms with E-state index in [2.05, 4.69) is 51.9 Å². The van der Waals surface area contributed by atoms with Gasteiger partial charge in [0.05, 0.1) is 0 Å². The molecule has 120 valence electrons. The highest BCUT2D eigenvalue weighted by molar-refractivity contribution is 4.86. The third kappa shape index (κ3) is 5.37. The molecule has 0 aromatic rings. The van der Waals surface area contributed by atoms with E-state index < -0.39 is 0 Å². The van der Waals surface area contributed by atoms with Crippen molar-refractivity contribution in [3.05, 3.63) is 0 Å². The van der Waals surface area contributed by atoms with Gasteiger partial charge in [-0.1, -0.05) is 34.6 Å². The maximum Gasteiger partial charge on any atom is 0.00926 e. The number of rotatable bonds is 8. The fourth-order valence-corrected chi connectivity index (χ4v) is 3.54. The first kappa shape index (κ1) is 18.0. The lowest BCUT2D eigenvalue weighted by atomic mass is 9.80. The van der Waals surface area contributed by atoms with Crippen molar-refractivity contribution in [2.75, 3.05) is 20.1 Å². The molecular formula is C18H38N2. The van der Waals surface area contributed by atoms with E-state index in [0.717, 1.165) is 18.5 Å². The molecule has 0 aliphatic heterocycles.